The van der Waals surface area contributed by atoms with E-state index in [1.807, 2.05) is 44.1 Å². The molecule has 60 heavy (non-hydrogen) atoms. The molecule has 2 aromatic carbocycles. The molecule has 0 amide bonds. The lowest BCUT2D eigenvalue weighted by atomic mass is 10.1. The van der Waals surface area contributed by atoms with Crippen molar-refractivity contribution in [2.24, 2.45) is 14.1 Å². The van der Waals surface area contributed by atoms with Crippen molar-refractivity contribution in [1.29, 1.82) is 0 Å². The van der Waals surface area contributed by atoms with Gasteiger partial charge in [0.15, 0.2) is 11.0 Å². The standard InChI is InChI=1S/C21H30N6O3S.C19H24ClN5O3S/c1-5-9-17-19-20(27(4)24-17)21(28)23-18(22-19)14-15-10-6-7-11-16(15)25-31(29,30)13-8-12-26(2)3;1-3-7-15-17-18(25(2)23-15)19(26)22-16(21-17)12-13-8-4-5-9-14(13)24-29(27,28)11-6-10-20/h6-7,10-11,25H,5,8-9,12-14H2,1-4H3,(H,22,23,28);4-5,8-9,24H,3,6-7,10-12H2,1-2H3,(H,21,22,26). The van der Waals surface area contributed by atoms with E-state index in [1.54, 1.807) is 53.8 Å². The molecule has 0 fully saturated rings. The summed E-state index contributed by atoms with van der Waals surface area (Å²) in [7, 11) is 0.295. The van der Waals surface area contributed by atoms with Gasteiger partial charge in [-0.2, -0.15) is 10.2 Å². The van der Waals surface area contributed by atoms with Gasteiger partial charge < -0.3 is 14.9 Å². The first-order valence-electron chi connectivity index (χ1n) is 19.8. The van der Waals surface area contributed by atoms with Crippen LogP contribution in [0.3, 0.4) is 0 Å². The quantitative estimate of drug-likeness (QED) is 0.0832. The lowest BCUT2D eigenvalue weighted by Gasteiger charge is -2.14. The number of fused-ring (bicyclic) bond motifs is 2. The van der Waals surface area contributed by atoms with E-state index in [0.717, 1.165) is 42.6 Å². The third kappa shape index (κ3) is 12.0. The number of aromatic nitrogens is 8. The van der Waals surface area contributed by atoms with E-state index in [2.05, 4.69) is 46.5 Å². The van der Waals surface area contributed by atoms with Crippen LogP contribution in [0.5, 0.6) is 0 Å². The van der Waals surface area contributed by atoms with Crippen LogP contribution in [-0.2, 0) is 59.8 Å². The molecule has 4 N–H and O–H groups in total. The van der Waals surface area contributed by atoms with Gasteiger partial charge in [0.1, 0.15) is 22.7 Å². The van der Waals surface area contributed by atoms with Gasteiger partial charge in [0.25, 0.3) is 11.1 Å². The number of hydrogen-bond acceptors (Lipinski definition) is 11. The van der Waals surface area contributed by atoms with E-state index in [1.165, 1.54) is 0 Å². The minimum absolute atomic E-state index is 0.0383. The van der Waals surface area contributed by atoms with Crippen LogP contribution in [0.25, 0.3) is 22.1 Å². The maximum absolute atomic E-state index is 12.6. The van der Waals surface area contributed by atoms with Gasteiger partial charge in [-0.25, -0.2) is 26.8 Å². The minimum Gasteiger partial charge on any atom is -0.309 e. The molecule has 0 aliphatic heterocycles. The van der Waals surface area contributed by atoms with Crippen molar-refractivity contribution in [1.82, 2.24) is 44.4 Å². The Morgan fingerprint density at radius 1 is 0.683 bits per heavy atom. The van der Waals surface area contributed by atoms with Crippen LogP contribution < -0.4 is 20.6 Å². The zero-order chi connectivity index (χ0) is 43.6. The predicted octanol–water partition coefficient (Wildman–Crippen LogP) is 4.46. The summed E-state index contributed by atoms with van der Waals surface area (Å²) in [5.74, 6) is 1.19. The Labute approximate surface area is 355 Å². The van der Waals surface area contributed by atoms with Crippen molar-refractivity contribution in [3.8, 4) is 0 Å². The first-order valence-corrected chi connectivity index (χ1v) is 23.7. The number of halogens is 1. The summed E-state index contributed by atoms with van der Waals surface area (Å²) in [5, 5.41) is 8.85. The number of hydrogen-bond donors (Lipinski definition) is 4. The highest BCUT2D eigenvalue weighted by Gasteiger charge is 2.19. The summed E-state index contributed by atoms with van der Waals surface area (Å²) in [4.78, 5) is 42.1. The van der Waals surface area contributed by atoms with Gasteiger partial charge in [0, 0.05) is 32.8 Å². The average molecular weight is 885 g/mol. The van der Waals surface area contributed by atoms with E-state index in [4.69, 9.17) is 11.6 Å². The molecule has 6 aromatic rings. The normalized spacial score (nSPS) is 11.9. The van der Waals surface area contributed by atoms with Gasteiger partial charge in [0.05, 0.1) is 34.3 Å². The van der Waals surface area contributed by atoms with Gasteiger partial charge in [0.2, 0.25) is 20.0 Å². The smallest absolute Gasteiger partial charge is 0.277 e. The molecule has 0 saturated carbocycles. The summed E-state index contributed by atoms with van der Waals surface area (Å²) in [5.41, 5.74) is 5.55. The fourth-order valence-electron chi connectivity index (χ4n) is 6.73. The molecular formula is C40H54ClN11O6S2. The SMILES string of the molecule is CCCc1nn(C)c2c(=O)[nH]c(Cc3ccccc3NS(=O)(=O)CCCCl)nc12.CCCc1nn(C)c2c(=O)[nH]c(Cc3ccccc3NS(=O)(=O)CCCN(C)C)nc12. The van der Waals surface area contributed by atoms with Gasteiger partial charge in [-0.1, -0.05) is 63.1 Å². The monoisotopic (exact) mass is 883 g/mol. The topological polar surface area (TPSA) is 223 Å². The molecule has 0 spiro atoms. The Hall–Kier alpha value is -5.11. The summed E-state index contributed by atoms with van der Waals surface area (Å²) in [6.45, 7) is 4.79. The molecule has 0 bridgehead atoms. The lowest BCUT2D eigenvalue weighted by Crippen LogP contribution is -2.22. The summed E-state index contributed by atoms with van der Waals surface area (Å²) in [6, 6.07) is 14.2. The molecule has 0 aliphatic carbocycles. The molecule has 0 unspecified atom stereocenters. The Morgan fingerprint density at radius 2 is 1.10 bits per heavy atom. The first kappa shape index (κ1) is 46.0. The number of sulfonamides is 2. The number of para-hydroxylation sites is 2. The predicted molar refractivity (Wildman–Crippen MR) is 238 cm³/mol. The molecule has 20 heteroatoms. The second-order valence-corrected chi connectivity index (χ2v) is 18.8. The molecule has 324 valence electrons. The third-order valence-electron chi connectivity index (χ3n) is 9.44. The molecule has 0 radical (unpaired) electrons. The highest BCUT2D eigenvalue weighted by molar-refractivity contribution is 7.92. The number of benzene rings is 2. The Morgan fingerprint density at radius 3 is 1.50 bits per heavy atom. The fourth-order valence-corrected chi connectivity index (χ4v) is 9.32. The van der Waals surface area contributed by atoms with Crippen LogP contribution in [0.4, 0.5) is 11.4 Å². The first-order chi connectivity index (χ1) is 28.5. The second kappa shape index (κ2) is 20.4. The molecule has 6 rings (SSSR count). The van der Waals surface area contributed by atoms with Gasteiger partial charge in [-0.3, -0.25) is 28.4 Å². The van der Waals surface area contributed by atoms with E-state index in [-0.39, 0.29) is 34.9 Å². The third-order valence-corrected chi connectivity index (χ3v) is 12.4. The number of H-pyrrole nitrogens is 2. The highest BCUT2D eigenvalue weighted by atomic mass is 35.5. The number of rotatable bonds is 19. The highest BCUT2D eigenvalue weighted by Crippen LogP contribution is 2.23. The summed E-state index contributed by atoms with van der Waals surface area (Å²) < 4.78 is 58.0. The van der Waals surface area contributed by atoms with Crippen LogP contribution in [0.15, 0.2) is 58.1 Å². The molecule has 4 heterocycles. The number of nitrogens with one attached hydrogen (secondary N) is 4. The maximum atomic E-state index is 12.6. The Bertz CT molecular complexity index is 2760. The summed E-state index contributed by atoms with van der Waals surface area (Å²) in [6.07, 6.45) is 4.73. The fraction of sp³-hybridized carbons (Fsp3) is 0.450. The largest absolute Gasteiger partial charge is 0.309 e. The Kier molecular flexibility index (Phi) is 15.7. The molecule has 0 aliphatic rings. The van der Waals surface area contributed by atoms with Crippen molar-refractivity contribution >= 4 is 65.1 Å². The van der Waals surface area contributed by atoms with Gasteiger partial charge >= 0.3 is 0 Å². The number of aryl methyl sites for hydroxylation is 4. The number of anilines is 2. The maximum Gasteiger partial charge on any atom is 0.277 e. The van der Waals surface area contributed by atoms with Gasteiger partial charge in [-0.15, -0.1) is 11.6 Å². The zero-order valence-electron chi connectivity index (χ0n) is 34.9. The van der Waals surface area contributed by atoms with E-state index < -0.39 is 20.0 Å². The number of nitrogens with zero attached hydrogens (tertiary/aromatic N) is 7. The molecule has 4 aromatic heterocycles. The van der Waals surface area contributed by atoms with Crippen LogP contribution in [-0.4, -0.2) is 99.3 Å². The van der Waals surface area contributed by atoms with Crippen LogP contribution in [0.2, 0.25) is 0 Å². The van der Waals surface area contributed by atoms with Crippen molar-refractivity contribution in [2.75, 3.05) is 47.5 Å². The van der Waals surface area contributed by atoms with Crippen LogP contribution >= 0.6 is 11.6 Å². The molecule has 0 atom stereocenters. The van der Waals surface area contributed by atoms with Crippen molar-refractivity contribution in [3.05, 3.63) is 103 Å². The second-order valence-electron chi connectivity index (χ2n) is 14.8. The lowest BCUT2D eigenvalue weighted by molar-refractivity contribution is 0.408. The zero-order valence-corrected chi connectivity index (χ0v) is 37.3. The summed E-state index contributed by atoms with van der Waals surface area (Å²) >= 11 is 5.61. The number of alkyl halides is 1. The van der Waals surface area contributed by atoms with Crippen LogP contribution in [0.1, 0.15) is 73.7 Å². The molecule has 0 saturated heterocycles. The van der Waals surface area contributed by atoms with Crippen molar-refractivity contribution < 1.29 is 16.8 Å². The van der Waals surface area contributed by atoms with Crippen molar-refractivity contribution in [3.63, 3.8) is 0 Å². The van der Waals surface area contributed by atoms with Crippen molar-refractivity contribution in [2.45, 2.75) is 65.2 Å². The van der Waals surface area contributed by atoms with E-state index in [0.29, 0.717) is 76.5 Å². The van der Waals surface area contributed by atoms with E-state index in [9.17, 15) is 26.4 Å². The molecular weight excluding hydrogens is 830 g/mol. The van der Waals surface area contributed by atoms with E-state index >= 15 is 0 Å². The Balaban J connectivity index is 0.000000228. The number of aromatic amines is 2. The molecule has 17 nitrogen and oxygen atoms in total. The average Bonchev–Trinajstić information content (AvgIpc) is 3.67. The van der Waals surface area contributed by atoms with Crippen LogP contribution in [0, 0.1) is 0 Å². The minimum atomic E-state index is -3.51. The van der Waals surface area contributed by atoms with Gasteiger partial charge in [-0.05, 0) is 69.6 Å².